The molecule has 0 fully saturated rings. The van der Waals surface area contributed by atoms with E-state index in [1.165, 1.54) is 24.3 Å². The van der Waals surface area contributed by atoms with Gasteiger partial charge in [0.2, 0.25) is 5.91 Å². The number of thioether (sulfide) groups is 1. The zero-order chi connectivity index (χ0) is 15.2. The summed E-state index contributed by atoms with van der Waals surface area (Å²) in [6.07, 6.45) is 1.03. The molecule has 0 aliphatic rings. The number of nitrogens with two attached hydrogens (primary N) is 1. The highest BCUT2D eigenvalue weighted by Gasteiger charge is 2.28. The molecule has 1 rings (SSSR count). The van der Waals surface area contributed by atoms with E-state index in [0.29, 0.717) is 25.1 Å². The van der Waals surface area contributed by atoms with Crippen molar-refractivity contribution in [3.8, 4) is 0 Å². The van der Waals surface area contributed by atoms with Crippen LogP contribution in [0.5, 0.6) is 0 Å². The molecule has 1 aromatic rings. The number of amides is 1. The molecular formula is C13H17F3N2OS. The molecule has 0 radical (unpaired) electrons. The van der Waals surface area contributed by atoms with Crippen molar-refractivity contribution in [3.05, 3.63) is 24.3 Å². The largest absolute Gasteiger partial charge is 0.446 e. The average molecular weight is 306 g/mol. The van der Waals surface area contributed by atoms with E-state index in [1.807, 2.05) is 6.92 Å². The highest BCUT2D eigenvalue weighted by Crippen LogP contribution is 2.37. The second kappa shape index (κ2) is 7.54. The number of anilines is 1. The first kappa shape index (κ1) is 16.8. The Morgan fingerprint density at radius 2 is 1.95 bits per heavy atom. The molecule has 3 N–H and O–H groups in total. The number of carbonyl (C=O) groups excluding carboxylic acids is 1. The van der Waals surface area contributed by atoms with Crippen LogP contribution in [0.4, 0.5) is 18.9 Å². The maximum atomic E-state index is 12.1. The molecule has 0 heterocycles. The first-order valence-electron chi connectivity index (χ1n) is 6.16. The summed E-state index contributed by atoms with van der Waals surface area (Å²) in [7, 11) is 0. The predicted molar refractivity (Wildman–Crippen MR) is 74.4 cm³/mol. The quantitative estimate of drug-likeness (QED) is 0.789. The van der Waals surface area contributed by atoms with Crippen molar-refractivity contribution in [3.63, 3.8) is 0 Å². The normalized spacial score (nSPS) is 13.1. The lowest BCUT2D eigenvalue weighted by Crippen LogP contribution is -2.16. The van der Waals surface area contributed by atoms with Gasteiger partial charge in [-0.2, -0.15) is 13.2 Å². The first-order chi connectivity index (χ1) is 9.30. The molecule has 112 valence electrons. The predicted octanol–water partition coefficient (Wildman–Crippen LogP) is 3.61. The first-order valence-corrected chi connectivity index (χ1v) is 6.97. The molecule has 1 amide bonds. The summed E-state index contributed by atoms with van der Waals surface area (Å²) in [4.78, 5) is 11.7. The van der Waals surface area contributed by atoms with Gasteiger partial charge in [0, 0.05) is 17.0 Å². The Balaban J connectivity index is 2.47. The van der Waals surface area contributed by atoms with Gasteiger partial charge in [-0.25, -0.2) is 0 Å². The van der Waals surface area contributed by atoms with E-state index in [-0.39, 0.29) is 28.5 Å². The van der Waals surface area contributed by atoms with Gasteiger partial charge < -0.3 is 11.1 Å². The van der Waals surface area contributed by atoms with Gasteiger partial charge in [0.1, 0.15) is 0 Å². The fourth-order valence-corrected chi connectivity index (χ4v) is 2.00. The molecule has 0 saturated heterocycles. The van der Waals surface area contributed by atoms with Crippen molar-refractivity contribution in [1.29, 1.82) is 0 Å². The van der Waals surface area contributed by atoms with Crippen molar-refractivity contribution in [2.24, 2.45) is 11.7 Å². The number of nitrogens with one attached hydrogen (secondary N) is 1. The Morgan fingerprint density at radius 1 is 1.35 bits per heavy atom. The number of halogens is 3. The summed E-state index contributed by atoms with van der Waals surface area (Å²) in [5.74, 6) is 0.104. The third-order valence-electron chi connectivity index (χ3n) is 2.64. The van der Waals surface area contributed by atoms with Crippen molar-refractivity contribution < 1.29 is 18.0 Å². The second-order valence-electron chi connectivity index (χ2n) is 4.50. The number of rotatable bonds is 6. The monoisotopic (exact) mass is 306 g/mol. The van der Waals surface area contributed by atoms with Gasteiger partial charge in [-0.1, -0.05) is 6.92 Å². The zero-order valence-electron chi connectivity index (χ0n) is 11.0. The van der Waals surface area contributed by atoms with Gasteiger partial charge in [0.15, 0.2) is 0 Å². The van der Waals surface area contributed by atoms with E-state index in [0.717, 1.165) is 0 Å². The van der Waals surface area contributed by atoms with Crippen LogP contribution in [-0.2, 0) is 4.79 Å². The Morgan fingerprint density at radius 3 is 2.45 bits per heavy atom. The fraction of sp³-hybridized carbons (Fsp3) is 0.462. The lowest BCUT2D eigenvalue weighted by molar-refractivity contribution is -0.116. The molecule has 0 aliphatic heterocycles. The number of hydrogen-bond donors (Lipinski definition) is 2. The second-order valence-corrected chi connectivity index (χ2v) is 5.64. The minimum Gasteiger partial charge on any atom is -0.330 e. The minimum absolute atomic E-state index is 0.0900. The van der Waals surface area contributed by atoms with Gasteiger partial charge in [0.05, 0.1) is 0 Å². The maximum Gasteiger partial charge on any atom is 0.446 e. The Labute approximate surface area is 120 Å². The SMILES string of the molecule is CC(CN)CCC(=O)Nc1ccc(SC(F)(F)F)cc1. The van der Waals surface area contributed by atoms with Gasteiger partial charge in [-0.05, 0) is 54.9 Å². The summed E-state index contributed by atoms with van der Waals surface area (Å²) >= 11 is -0.181. The van der Waals surface area contributed by atoms with Gasteiger partial charge in [-0.15, -0.1) is 0 Å². The van der Waals surface area contributed by atoms with Crippen LogP contribution in [0.25, 0.3) is 0 Å². The number of benzene rings is 1. The molecule has 7 heteroatoms. The van der Waals surface area contributed by atoms with Crippen LogP contribution in [0.15, 0.2) is 29.2 Å². The maximum absolute atomic E-state index is 12.1. The molecule has 1 aromatic carbocycles. The molecule has 0 aromatic heterocycles. The highest BCUT2D eigenvalue weighted by atomic mass is 32.2. The van der Waals surface area contributed by atoms with E-state index in [2.05, 4.69) is 5.32 Å². The van der Waals surface area contributed by atoms with Crippen LogP contribution in [0.3, 0.4) is 0 Å². The highest BCUT2D eigenvalue weighted by molar-refractivity contribution is 8.00. The van der Waals surface area contributed by atoms with Crippen LogP contribution in [-0.4, -0.2) is 18.0 Å². The summed E-state index contributed by atoms with van der Waals surface area (Å²) in [5.41, 5.74) is 1.64. The van der Waals surface area contributed by atoms with E-state index in [1.54, 1.807) is 0 Å². The van der Waals surface area contributed by atoms with Crippen molar-refractivity contribution in [1.82, 2.24) is 0 Å². The molecule has 0 spiro atoms. The number of carbonyl (C=O) groups is 1. The van der Waals surface area contributed by atoms with Crippen molar-refractivity contribution >= 4 is 23.4 Å². The summed E-state index contributed by atoms with van der Waals surface area (Å²) in [5, 5.41) is 2.64. The lowest BCUT2D eigenvalue weighted by atomic mass is 10.1. The number of alkyl halides is 3. The molecule has 3 nitrogen and oxygen atoms in total. The Bertz CT molecular complexity index is 434. The van der Waals surface area contributed by atoms with Crippen LogP contribution in [0.1, 0.15) is 19.8 Å². The van der Waals surface area contributed by atoms with Crippen LogP contribution < -0.4 is 11.1 Å². The zero-order valence-corrected chi connectivity index (χ0v) is 11.9. The molecule has 1 unspecified atom stereocenters. The number of hydrogen-bond acceptors (Lipinski definition) is 3. The standard InChI is InChI=1S/C13H17F3N2OS/c1-9(8-17)2-7-12(19)18-10-3-5-11(6-4-10)20-13(14,15)16/h3-6,9H,2,7-8,17H2,1H3,(H,18,19). The molecule has 0 aliphatic carbocycles. The van der Waals surface area contributed by atoms with Gasteiger partial charge >= 0.3 is 5.51 Å². The summed E-state index contributed by atoms with van der Waals surface area (Å²) < 4.78 is 36.4. The van der Waals surface area contributed by atoms with Crippen molar-refractivity contribution in [2.45, 2.75) is 30.2 Å². The topological polar surface area (TPSA) is 55.1 Å². The van der Waals surface area contributed by atoms with E-state index in [9.17, 15) is 18.0 Å². The summed E-state index contributed by atoms with van der Waals surface area (Å²) in [6.45, 7) is 2.48. The molecule has 0 bridgehead atoms. The Hall–Kier alpha value is -1.21. The molecule has 20 heavy (non-hydrogen) atoms. The smallest absolute Gasteiger partial charge is 0.330 e. The molecule has 0 saturated carbocycles. The molecular weight excluding hydrogens is 289 g/mol. The third-order valence-corrected chi connectivity index (χ3v) is 3.38. The van der Waals surface area contributed by atoms with Gasteiger partial charge in [-0.3, -0.25) is 4.79 Å². The summed E-state index contributed by atoms with van der Waals surface area (Å²) in [6, 6.07) is 5.57. The van der Waals surface area contributed by atoms with Crippen molar-refractivity contribution in [2.75, 3.05) is 11.9 Å². The van der Waals surface area contributed by atoms with E-state index < -0.39 is 5.51 Å². The van der Waals surface area contributed by atoms with Gasteiger partial charge in [0.25, 0.3) is 0 Å². The molecule has 1 atom stereocenters. The van der Waals surface area contributed by atoms with E-state index >= 15 is 0 Å². The third kappa shape index (κ3) is 6.81. The van der Waals surface area contributed by atoms with E-state index in [4.69, 9.17) is 5.73 Å². The Kier molecular flexibility index (Phi) is 6.35. The van der Waals surface area contributed by atoms with Crippen LogP contribution >= 0.6 is 11.8 Å². The van der Waals surface area contributed by atoms with Crippen LogP contribution in [0, 0.1) is 5.92 Å². The van der Waals surface area contributed by atoms with Crippen LogP contribution in [0.2, 0.25) is 0 Å². The minimum atomic E-state index is -4.30. The lowest BCUT2D eigenvalue weighted by Gasteiger charge is -2.09. The average Bonchev–Trinajstić information content (AvgIpc) is 2.36. The fourth-order valence-electron chi connectivity index (χ4n) is 1.46.